The van der Waals surface area contributed by atoms with Crippen LogP contribution in [0, 0.1) is 13.8 Å². The summed E-state index contributed by atoms with van der Waals surface area (Å²) in [4.78, 5) is 34.3. The molecule has 0 aliphatic heterocycles. The SMILES string of the molecule is COc1cccc(NC(=O)CN(C)C(=O)CSc2nc(C)cc(C)n2)c1. The Balaban J connectivity index is 1.84. The average Bonchev–Trinajstić information content (AvgIpc) is 2.58. The van der Waals surface area contributed by atoms with E-state index in [1.165, 1.54) is 16.7 Å². The molecule has 0 saturated heterocycles. The number of methoxy groups -OCH3 is 1. The second-order valence-corrected chi connectivity index (χ2v) is 6.69. The van der Waals surface area contributed by atoms with Crippen molar-refractivity contribution in [3.63, 3.8) is 0 Å². The predicted octanol–water partition coefficient (Wildman–Crippen LogP) is 2.29. The van der Waals surface area contributed by atoms with Crippen molar-refractivity contribution in [2.24, 2.45) is 0 Å². The van der Waals surface area contributed by atoms with Gasteiger partial charge in [-0.3, -0.25) is 9.59 Å². The van der Waals surface area contributed by atoms with Crippen molar-refractivity contribution in [1.82, 2.24) is 14.9 Å². The van der Waals surface area contributed by atoms with Crippen molar-refractivity contribution < 1.29 is 14.3 Å². The molecule has 0 fully saturated rings. The van der Waals surface area contributed by atoms with Gasteiger partial charge in [0.15, 0.2) is 5.16 Å². The molecule has 0 aliphatic rings. The lowest BCUT2D eigenvalue weighted by Crippen LogP contribution is -2.36. The summed E-state index contributed by atoms with van der Waals surface area (Å²) in [6.45, 7) is 3.73. The summed E-state index contributed by atoms with van der Waals surface area (Å²) in [5, 5.41) is 3.31. The smallest absolute Gasteiger partial charge is 0.243 e. The highest BCUT2D eigenvalue weighted by molar-refractivity contribution is 7.99. The van der Waals surface area contributed by atoms with Gasteiger partial charge in [-0.1, -0.05) is 17.8 Å². The number of nitrogens with zero attached hydrogens (tertiary/aromatic N) is 3. The quantitative estimate of drug-likeness (QED) is 0.591. The second-order valence-electron chi connectivity index (χ2n) is 5.75. The van der Waals surface area contributed by atoms with Crippen LogP contribution in [0.5, 0.6) is 5.75 Å². The van der Waals surface area contributed by atoms with E-state index in [0.29, 0.717) is 16.6 Å². The van der Waals surface area contributed by atoms with E-state index in [1.807, 2.05) is 19.9 Å². The Hall–Kier alpha value is -2.61. The third-order valence-electron chi connectivity index (χ3n) is 3.45. The van der Waals surface area contributed by atoms with E-state index in [0.717, 1.165) is 11.4 Å². The zero-order valence-corrected chi connectivity index (χ0v) is 16.1. The molecule has 0 radical (unpaired) electrons. The van der Waals surface area contributed by atoms with Gasteiger partial charge < -0.3 is 15.0 Å². The second kappa shape index (κ2) is 9.19. The zero-order chi connectivity index (χ0) is 19.1. The lowest BCUT2D eigenvalue weighted by atomic mass is 10.3. The lowest BCUT2D eigenvalue weighted by Gasteiger charge is -2.16. The van der Waals surface area contributed by atoms with E-state index < -0.39 is 0 Å². The number of benzene rings is 1. The zero-order valence-electron chi connectivity index (χ0n) is 15.3. The molecule has 0 bridgehead atoms. The summed E-state index contributed by atoms with van der Waals surface area (Å²) in [6, 6.07) is 8.92. The maximum Gasteiger partial charge on any atom is 0.243 e. The topological polar surface area (TPSA) is 84.4 Å². The molecule has 7 nitrogen and oxygen atoms in total. The molecule has 2 rings (SSSR count). The van der Waals surface area contributed by atoms with Crippen LogP contribution in [0.15, 0.2) is 35.5 Å². The fourth-order valence-electron chi connectivity index (χ4n) is 2.20. The molecule has 0 atom stereocenters. The number of rotatable bonds is 7. The van der Waals surface area contributed by atoms with Crippen LogP contribution in [0.1, 0.15) is 11.4 Å². The number of ether oxygens (including phenoxy) is 1. The molecule has 8 heteroatoms. The highest BCUT2D eigenvalue weighted by Crippen LogP contribution is 2.17. The summed E-state index contributed by atoms with van der Waals surface area (Å²) in [5.74, 6) is 0.378. The molecule has 26 heavy (non-hydrogen) atoms. The molecule has 1 heterocycles. The number of hydrogen-bond donors (Lipinski definition) is 1. The van der Waals surface area contributed by atoms with Gasteiger partial charge in [0, 0.05) is 30.2 Å². The van der Waals surface area contributed by atoms with E-state index in [-0.39, 0.29) is 24.1 Å². The van der Waals surface area contributed by atoms with Crippen molar-refractivity contribution in [3.05, 3.63) is 41.7 Å². The maximum absolute atomic E-state index is 12.2. The number of carbonyl (C=O) groups is 2. The largest absolute Gasteiger partial charge is 0.497 e. The van der Waals surface area contributed by atoms with E-state index in [4.69, 9.17) is 4.74 Å². The van der Waals surface area contributed by atoms with Crippen molar-refractivity contribution in [2.45, 2.75) is 19.0 Å². The molecule has 2 amide bonds. The van der Waals surface area contributed by atoms with E-state index in [9.17, 15) is 9.59 Å². The maximum atomic E-state index is 12.2. The average molecular weight is 374 g/mol. The standard InChI is InChI=1S/C18H22N4O3S/c1-12-8-13(2)20-18(19-12)26-11-17(24)22(3)10-16(23)21-14-6-5-7-15(9-14)25-4/h5-9H,10-11H2,1-4H3,(H,21,23). The number of carbonyl (C=O) groups excluding carboxylic acids is 2. The monoisotopic (exact) mass is 374 g/mol. The first-order valence-electron chi connectivity index (χ1n) is 8.00. The van der Waals surface area contributed by atoms with Crippen molar-refractivity contribution >= 4 is 29.3 Å². The van der Waals surface area contributed by atoms with Crippen molar-refractivity contribution in [1.29, 1.82) is 0 Å². The van der Waals surface area contributed by atoms with Gasteiger partial charge in [0.2, 0.25) is 11.8 Å². The number of aryl methyl sites for hydroxylation is 2. The molecule has 0 saturated carbocycles. The molecule has 0 unspecified atom stereocenters. The summed E-state index contributed by atoms with van der Waals surface area (Å²) in [5.41, 5.74) is 2.34. The molecular formula is C18H22N4O3S. The van der Waals surface area contributed by atoms with Gasteiger partial charge in [-0.25, -0.2) is 9.97 Å². The molecule has 1 aromatic heterocycles. The van der Waals surface area contributed by atoms with Crippen molar-refractivity contribution in [3.8, 4) is 5.75 Å². The van der Waals surface area contributed by atoms with Crippen LogP contribution in [0.3, 0.4) is 0 Å². The minimum atomic E-state index is -0.276. The Bertz CT molecular complexity index is 778. The Morgan fingerprint density at radius 1 is 1.19 bits per heavy atom. The molecular weight excluding hydrogens is 352 g/mol. The van der Waals surface area contributed by atoms with E-state index >= 15 is 0 Å². The number of hydrogen-bond acceptors (Lipinski definition) is 6. The van der Waals surface area contributed by atoms with Crippen LogP contribution < -0.4 is 10.1 Å². The number of thioether (sulfide) groups is 1. The summed E-state index contributed by atoms with van der Waals surface area (Å²) >= 11 is 1.26. The fourth-order valence-corrected chi connectivity index (χ4v) is 3.09. The first-order chi connectivity index (χ1) is 12.4. The van der Waals surface area contributed by atoms with Gasteiger partial charge in [-0.2, -0.15) is 0 Å². The Morgan fingerprint density at radius 2 is 1.88 bits per heavy atom. The molecule has 2 aromatic rings. The van der Waals surface area contributed by atoms with Crippen LogP contribution in [0.25, 0.3) is 0 Å². The predicted molar refractivity (Wildman–Crippen MR) is 101 cm³/mol. The highest BCUT2D eigenvalue weighted by atomic mass is 32.2. The Morgan fingerprint density at radius 3 is 2.54 bits per heavy atom. The number of amides is 2. The Labute approximate surface area is 157 Å². The first-order valence-corrected chi connectivity index (χ1v) is 8.99. The third kappa shape index (κ3) is 6.03. The lowest BCUT2D eigenvalue weighted by molar-refractivity contribution is -0.131. The molecule has 138 valence electrons. The van der Waals surface area contributed by atoms with E-state index in [1.54, 1.807) is 38.4 Å². The fraction of sp³-hybridized carbons (Fsp3) is 0.333. The number of likely N-dealkylation sites (N-methyl/N-ethyl adjacent to an activating group) is 1. The van der Waals surface area contributed by atoms with Gasteiger partial charge in [0.25, 0.3) is 0 Å². The number of nitrogens with one attached hydrogen (secondary N) is 1. The summed E-state index contributed by atoms with van der Waals surface area (Å²) in [7, 11) is 3.15. The third-order valence-corrected chi connectivity index (χ3v) is 4.28. The first kappa shape index (κ1) is 19.7. The van der Waals surface area contributed by atoms with Gasteiger partial charge in [-0.05, 0) is 32.0 Å². The number of anilines is 1. The van der Waals surface area contributed by atoms with Gasteiger partial charge >= 0.3 is 0 Å². The van der Waals surface area contributed by atoms with Gasteiger partial charge in [-0.15, -0.1) is 0 Å². The Kier molecular flexibility index (Phi) is 6.97. The van der Waals surface area contributed by atoms with Crippen LogP contribution in [-0.4, -0.2) is 53.1 Å². The van der Waals surface area contributed by atoms with Gasteiger partial charge in [0.1, 0.15) is 5.75 Å². The minimum Gasteiger partial charge on any atom is -0.497 e. The van der Waals surface area contributed by atoms with Crippen LogP contribution in [-0.2, 0) is 9.59 Å². The van der Waals surface area contributed by atoms with Crippen LogP contribution in [0.4, 0.5) is 5.69 Å². The van der Waals surface area contributed by atoms with Crippen molar-refractivity contribution in [2.75, 3.05) is 31.8 Å². The normalized spacial score (nSPS) is 10.3. The van der Waals surface area contributed by atoms with E-state index in [2.05, 4.69) is 15.3 Å². The van der Waals surface area contributed by atoms with Crippen LogP contribution >= 0.6 is 11.8 Å². The molecule has 0 aliphatic carbocycles. The highest BCUT2D eigenvalue weighted by Gasteiger charge is 2.14. The van der Waals surface area contributed by atoms with Gasteiger partial charge in [0.05, 0.1) is 19.4 Å². The molecule has 0 spiro atoms. The summed E-state index contributed by atoms with van der Waals surface area (Å²) in [6.07, 6.45) is 0. The molecule has 1 aromatic carbocycles. The number of aromatic nitrogens is 2. The molecule has 1 N–H and O–H groups in total. The van der Waals surface area contributed by atoms with Crippen LogP contribution in [0.2, 0.25) is 0 Å². The minimum absolute atomic E-state index is 0.0374. The summed E-state index contributed by atoms with van der Waals surface area (Å²) < 4.78 is 5.12.